The van der Waals surface area contributed by atoms with E-state index < -0.39 is 25.5 Å². The molecule has 1 fully saturated rings. The first-order chi connectivity index (χ1) is 21.6. The summed E-state index contributed by atoms with van der Waals surface area (Å²) >= 11 is 6.09. The molecule has 0 spiro atoms. The number of ether oxygens (including phenoxy) is 3. The molecule has 1 amide bonds. The predicted molar refractivity (Wildman–Crippen MR) is 164 cm³/mol. The van der Waals surface area contributed by atoms with Crippen LogP contribution in [0, 0.1) is 11.3 Å². The van der Waals surface area contributed by atoms with Gasteiger partial charge < -0.3 is 29.4 Å². The summed E-state index contributed by atoms with van der Waals surface area (Å²) in [6.45, 7) is 3.23. The number of hydrogen-bond donors (Lipinski definition) is 2. The zero-order chi connectivity index (χ0) is 33.2. The van der Waals surface area contributed by atoms with E-state index >= 15 is 0 Å². The number of imidazole rings is 1. The molecule has 1 aliphatic carbocycles. The molecule has 0 bridgehead atoms. The lowest BCUT2D eigenvalue weighted by Gasteiger charge is -2.40. The average Bonchev–Trinajstić information content (AvgIpc) is 3.29. The number of nitrogens with one attached hydrogen (secondary N) is 2. The number of benzene rings is 3. The molecule has 5 rings (SSSR count). The Kier molecular flexibility index (Phi) is 9.52. The standard InChI is InChI=1S/C32H32ClF5N4O4/c1-18-12-20(16-31(2,3)15-18)42-27-11-9-22(44-17-28(43)40-25-14-23(45-29(34)35)8-10-24(25)33)13-26(27)41-30(42)39-19-4-6-21(7-5-19)46-32(36,37)38/h4-11,13-14,18,20,29H,12,15-17H2,1-3H3,(H,39,41)(H,40,43)/t18-,20+/m0/s1. The maximum atomic E-state index is 12.6. The lowest BCUT2D eigenvalue weighted by Crippen LogP contribution is -2.29. The van der Waals surface area contributed by atoms with Crippen LogP contribution in [0.15, 0.2) is 60.7 Å². The number of carbonyl (C=O) groups excluding carboxylic acids is 1. The molecule has 8 nitrogen and oxygen atoms in total. The van der Waals surface area contributed by atoms with Crippen molar-refractivity contribution in [2.24, 2.45) is 11.3 Å². The summed E-state index contributed by atoms with van der Waals surface area (Å²) in [5, 5.41) is 5.90. The Morgan fingerprint density at radius 3 is 2.41 bits per heavy atom. The summed E-state index contributed by atoms with van der Waals surface area (Å²) in [4.78, 5) is 17.4. The van der Waals surface area contributed by atoms with Crippen molar-refractivity contribution < 1.29 is 41.0 Å². The predicted octanol–water partition coefficient (Wildman–Crippen LogP) is 9.34. The molecule has 1 saturated carbocycles. The molecule has 0 radical (unpaired) electrons. The van der Waals surface area contributed by atoms with Crippen LogP contribution < -0.4 is 24.8 Å². The number of alkyl halides is 5. The Morgan fingerprint density at radius 2 is 1.74 bits per heavy atom. The lowest BCUT2D eigenvalue weighted by atomic mass is 9.70. The molecule has 0 saturated heterocycles. The Balaban J connectivity index is 1.37. The second-order valence-electron chi connectivity index (χ2n) is 12.1. The maximum Gasteiger partial charge on any atom is 0.573 e. The lowest BCUT2D eigenvalue weighted by molar-refractivity contribution is -0.274. The quantitative estimate of drug-likeness (QED) is 0.164. The molecule has 246 valence electrons. The average molecular weight is 667 g/mol. The maximum absolute atomic E-state index is 12.6. The van der Waals surface area contributed by atoms with Gasteiger partial charge in [-0.05, 0) is 79.1 Å². The van der Waals surface area contributed by atoms with Gasteiger partial charge in [0, 0.05) is 23.9 Å². The van der Waals surface area contributed by atoms with Gasteiger partial charge in [-0.1, -0.05) is 32.4 Å². The molecule has 1 heterocycles. The summed E-state index contributed by atoms with van der Waals surface area (Å²) in [7, 11) is 0. The number of rotatable bonds is 10. The highest BCUT2D eigenvalue weighted by molar-refractivity contribution is 6.33. The third kappa shape index (κ3) is 8.51. The van der Waals surface area contributed by atoms with Crippen LogP contribution in [0.2, 0.25) is 5.02 Å². The highest BCUT2D eigenvalue weighted by Gasteiger charge is 2.35. The van der Waals surface area contributed by atoms with Crippen molar-refractivity contribution in [1.82, 2.24) is 9.55 Å². The number of carbonyl (C=O) groups is 1. The van der Waals surface area contributed by atoms with Crippen molar-refractivity contribution in [3.8, 4) is 17.2 Å². The highest BCUT2D eigenvalue weighted by atomic mass is 35.5. The van der Waals surface area contributed by atoms with Gasteiger partial charge in [-0.25, -0.2) is 4.98 Å². The van der Waals surface area contributed by atoms with E-state index in [9.17, 15) is 26.7 Å². The van der Waals surface area contributed by atoms with Gasteiger partial charge in [-0.3, -0.25) is 4.79 Å². The van der Waals surface area contributed by atoms with Crippen molar-refractivity contribution in [3.63, 3.8) is 0 Å². The molecule has 0 unspecified atom stereocenters. The Hall–Kier alpha value is -4.26. The smallest absolute Gasteiger partial charge is 0.484 e. The fourth-order valence-corrected chi connectivity index (χ4v) is 6.26. The SMILES string of the molecule is C[C@H]1C[C@@H](n2c(Nc3ccc(OC(F)(F)F)cc3)nc3cc(OCC(=O)Nc4cc(OC(F)F)ccc4Cl)ccc32)CC(C)(C)C1. The van der Waals surface area contributed by atoms with E-state index in [2.05, 4.69) is 45.4 Å². The molecule has 4 aromatic rings. The Bertz CT molecular complexity index is 1690. The molecule has 0 aliphatic heterocycles. The van der Waals surface area contributed by atoms with E-state index in [-0.39, 0.29) is 33.7 Å². The van der Waals surface area contributed by atoms with Gasteiger partial charge in [0.2, 0.25) is 5.95 Å². The first-order valence-electron chi connectivity index (χ1n) is 14.5. The molecular formula is C32H32ClF5N4O4. The fraction of sp³-hybridized carbons (Fsp3) is 0.375. The van der Waals surface area contributed by atoms with E-state index in [1.165, 1.54) is 42.5 Å². The molecule has 3 aromatic carbocycles. The zero-order valence-corrected chi connectivity index (χ0v) is 25.9. The van der Waals surface area contributed by atoms with Crippen molar-refractivity contribution >= 4 is 45.9 Å². The topological polar surface area (TPSA) is 86.6 Å². The summed E-state index contributed by atoms with van der Waals surface area (Å²) in [6, 6.07) is 14.5. The van der Waals surface area contributed by atoms with Crippen molar-refractivity contribution in [2.75, 3.05) is 17.2 Å². The fourth-order valence-electron chi connectivity index (χ4n) is 6.10. The summed E-state index contributed by atoms with van der Waals surface area (Å²) < 4.78 is 79.3. The minimum absolute atomic E-state index is 0.0805. The first kappa shape index (κ1) is 33.1. The Labute approximate surface area is 266 Å². The van der Waals surface area contributed by atoms with Crippen LogP contribution in [-0.2, 0) is 4.79 Å². The highest BCUT2D eigenvalue weighted by Crippen LogP contribution is 2.46. The first-order valence-corrected chi connectivity index (χ1v) is 14.8. The third-order valence-electron chi connectivity index (χ3n) is 7.54. The van der Waals surface area contributed by atoms with Gasteiger partial charge in [0.05, 0.1) is 21.7 Å². The number of fused-ring (bicyclic) bond motifs is 1. The van der Waals surface area contributed by atoms with E-state index in [0.717, 1.165) is 24.8 Å². The van der Waals surface area contributed by atoms with Crippen molar-refractivity contribution in [3.05, 3.63) is 65.7 Å². The van der Waals surface area contributed by atoms with Crippen LogP contribution in [0.4, 0.5) is 39.3 Å². The molecular weight excluding hydrogens is 635 g/mol. The molecule has 2 N–H and O–H groups in total. The number of halogens is 6. The second kappa shape index (κ2) is 13.2. The summed E-state index contributed by atoms with van der Waals surface area (Å²) in [5.41, 5.74) is 2.07. The largest absolute Gasteiger partial charge is 0.573 e. The minimum Gasteiger partial charge on any atom is -0.484 e. The van der Waals surface area contributed by atoms with E-state index in [0.29, 0.717) is 28.8 Å². The van der Waals surface area contributed by atoms with Gasteiger partial charge >= 0.3 is 13.0 Å². The van der Waals surface area contributed by atoms with Crippen LogP contribution in [0.1, 0.15) is 46.1 Å². The van der Waals surface area contributed by atoms with Crippen LogP contribution in [0.25, 0.3) is 11.0 Å². The van der Waals surface area contributed by atoms with Crippen LogP contribution in [0.3, 0.4) is 0 Å². The second-order valence-corrected chi connectivity index (χ2v) is 12.5. The monoisotopic (exact) mass is 666 g/mol. The Morgan fingerprint density at radius 1 is 1.04 bits per heavy atom. The number of hydrogen-bond acceptors (Lipinski definition) is 6. The number of aromatic nitrogens is 2. The van der Waals surface area contributed by atoms with E-state index in [1.54, 1.807) is 12.1 Å². The molecule has 2 atom stereocenters. The normalized spacial score (nSPS) is 18.0. The van der Waals surface area contributed by atoms with Crippen LogP contribution in [0.5, 0.6) is 17.2 Å². The van der Waals surface area contributed by atoms with E-state index in [4.69, 9.17) is 21.3 Å². The molecule has 46 heavy (non-hydrogen) atoms. The number of amides is 1. The van der Waals surface area contributed by atoms with Crippen LogP contribution in [-0.4, -0.2) is 35.0 Å². The summed E-state index contributed by atoms with van der Waals surface area (Å²) in [6.07, 6.45) is -1.92. The van der Waals surface area contributed by atoms with Gasteiger partial charge in [0.25, 0.3) is 5.91 Å². The molecule has 1 aromatic heterocycles. The van der Waals surface area contributed by atoms with Gasteiger partial charge in [-0.2, -0.15) is 8.78 Å². The van der Waals surface area contributed by atoms with Crippen LogP contribution >= 0.6 is 11.6 Å². The van der Waals surface area contributed by atoms with Gasteiger partial charge in [0.1, 0.15) is 17.2 Å². The van der Waals surface area contributed by atoms with E-state index in [1.807, 2.05) is 6.07 Å². The van der Waals surface area contributed by atoms with Crippen molar-refractivity contribution in [2.45, 2.75) is 59.0 Å². The third-order valence-corrected chi connectivity index (χ3v) is 7.87. The van der Waals surface area contributed by atoms with Gasteiger partial charge in [0.15, 0.2) is 6.61 Å². The number of nitrogens with zero attached hydrogens (tertiary/aromatic N) is 2. The van der Waals surface area contributed by atoms with Crippen molar-refractivity contribution in [1.29, 1.82) is 0 Å². The minimum atomic E-state index is -4.79. The zero-order valence-electron chi connectivity index (χ0n) is 25.1. The summed E-state index contributed by atoms with van der Waals surface area (Å²) in [5.74, 6) is 0.227. The number of anilines is 3. The molecule has 14 heteroatoms. The molecule has 1 aliphatic rings. The van der Waals surface area contributed by atoms with Gasteiger partial charge in [-0.15, -0.1) is 13.2 Å².